The monoisotopic (exact) mass is 299 g/mol. The summed E-state index contributed by atoms with van der Waals surface area (Å²) in [5.74, 6) is 0.471. The van der Waals surface area contributed by atoms with Crippen molar-refractivity contribution in [3.05, 3.63) is 29.8 Å². The van der Waals surface area contributed by atoms with E-state index in [0.717, 1.165) is 30.8 Å². The second-order valence-corrected chi connectivity index (χ2v) is 4.90. The van der Waals surface area contributed by atoms with Gasteiger partial charge in [0.05, 0.1) is 19.3 Å². The van der Waals surface area contributed by atoms with E-state index < -0.39 is 0 Å². The summed E-state index contributed by atoms with van der Waals surface area (Å²) in [6, 6.07) is 7.38. The van der Waals surface area contributed by atoms with Gasteiger partial charge in [-0.2, -0.15) is 0 Å². The minimum Gasteiger partial charge on any atom is -0.494 e. The summed E-state index contributed by atoms with van der Waals surface area (Å²) < 4.78 is 5.58. The molecule has 1 atom stereocenters. The third-order valence-electron chi connectivity index (χ3n) is 2.88. The van der Waals surface area contributed by atoms with E-state index in [1.165, 1.54) is 0 Å². The number of alkyl halides is 1. The SMILES string of the molecule is CCCCOc1ccc(CC(CO)NC(=O)CCl)cc1. The molecule has 2 N–H and O–H groups in total. The average molecular weight is 300 g/mol. The summed E-state index contributed by atoms with van der Waals surface area (Å²) in [4.78, 5) is 11.2. The fourth-order valence-electron chi connectivity index (χ4n) is 1.77. The molecule has 1 rings (SSSR count). The molecule has 1 aromatic rings. The zero-order valence-electron chi connectivity index (χ0n) is 11.8. The van der Waals surface area contributed by atoms with Gasteiger partial charge in [0, 0.05) is 0 Å². The molecule has 5 heteroatoms. The molecular formula is C15H22ClNO3. The Morgan fingerprint density at radius 3 is 2.65 bits per heavy atom. The van der Waals surface area contributed by atoms with Gasteiger partial charge < -0.3 is 15.2 Å². The second kappa shape index (κ2) is 9.61. The third-order valence-corrected chi connectivity index (χ3v) is 3.12. The van der Waals surface area contributed by atoms with Gasteiger partial charge in [-0.15, -0.1) is 11.6 Å². The molecular weight excluding hydrogens is 278 g/mol. The fraction of sp³-hybridized carbons (Fsp3) is 0.533. The summed E-state index contributed by atoms with van der Waals surface area (Å²) in [7, 11) is 0. The van der Waals surface area contributed by atoms with Gasteiger partial charge in [-0.05, 0) is 30.5 Å². The Balaban J connectivity index is 2.48. The molecule has 0 saturated carbocycles. The largest absolute Gasteiger partial charge is 0.494 e. The molecule has 20 heavy (non-hydrogen) atoms. The molecule has 1 unspecified atom stereocenters. The van der Waals surface area contributed by atoms with Crippen LogP contribution in [0.4, 0.5) is 0 Å². The van der Waals surface area contributed by atoms with Crippen LogP contribution < -0.4 is 10.1 Å². The first-order chi connectivity index (χ1) is 9.69. The van der Waals surface area contributed by atoms with Crippen LogP contribution in [-0.2, 0) is 11.2 Å². The molecule has 0 fully saturated rings. The number of ether oxygens (including phenoxy) is 1. The standard InChI is InChI=1S/C15H22ClNO3/c1-2-3-8-20-14-6-4-12(5-7-14)9-13(11-18)17-15(19)10-16/h4-7,13,18H,2-3,8-11H2,1H3,(H,17,19). The minimum atomic E-state index is -0.312. The van der Waals surface area contributed by atoms with Crippen molar-refractivity contribution in [2.45, 2.75) is 32.2 Å². The molecule has 4 nitrogen and oxygen atoms in total. The Morgan fingerprint density at radius 1 is 1.40 bits per heavy atom. The number of carbonyl (C=O) groups excluding carboxylic acids is 1. The number of carbonyl (C=O) groups is 1. The average Bonchev–Trinajstić information content (AvgIpc) is 2.48. The maximum atomic E-state index is 11.2. The van der Waals surface area contributed by atoms with Crippen LogP contribution in [0.25, 0.3) is 0 Å². The Morgan fingerprint density at radius 2 is 2.10 bits per heavy atom. The number of halogens is 1. The molecule has 0 aliphatic carbocycles. The molecule has 0 saturated heterocycles. The molecule has 0 aromatic heterocycles. The van der Waals surface area contributed by atoms with E-state index in [-0.39, 0.29) is 24.4 Å². The van der Waals surface area contributed by atoms with Crippen molar-refractivity contribution in [1.29, 1.82) is 0 Å². The summed E-state index contributed by atoms with van der Waals surface area (Å²) in [6.07, 6.45) is 2.71. The van der Waals surface area contributed by atoms with Crippen LogP contribution in [0.2, 0.25) is 0 Å². The zero-order valence-corrected chi connectivity index (χ0v) is 12.5. The van der Waals surface area contributed by atoms with Gasteiger partial charge in [0.15, 0.2) is 0 Å². The lowest BCUT2D eigenvalue weighted by molar-refractivity contribution is -0.119. The highest BCUT2D eigenvalue weighted by molar-refractivity contribution is 6.27. The highest BCUT2D eigenvalue weighted by Gasteiger charge is 2.11. The van der Waals surface area contributed by atoms with Crippen LogP contribution in [0.1, 0.15) is 25.3 Å². The number of hydrogen-bond acceptors (Lipinski definition) is 3. The number of aliphatic hydroxyl groups excluding tert-OH is 1. The van der Waals surface area contributed by atoms with Gasteiger partial charge >= 0.3 is 0 Å². The van der Waals surface area contributed by atoms with Crippen LogP contribution in [0.15, 0.2) is 24.3 Å². The number of rotatable bonds is 9. The number of amides is 1. The summed E-state index contributed by atoms with van der Waals surface area (Å²) in [5.41, 5.74) is 1.03. The molecule has 1 aromatic carbocycles. The first-order valence-electron chi connectivity index (χ1n) is 6.87. The number of benzene rings is 1. The molecule has 112 valence electrons. The maximum absolute atomic E-state index is 11.2. The number of unbranched alkanes of at least 4 members (excludes halogenated alkanes) is 1. The molecule has 0 spiro atoms. The predicted molar refractivity (Wildman–Crippen MR) is 80.3 cm³/mol. The molecule has 0 aliphatic rings. The Labute approximate surface area is 125 Å². The van der Waals surface area contributed by atoms with Crippen molar-refractivity contribution in [1.82, 2.24) is 5.32 Å². The molecule has 0 radical (unpaired) electrons. The van der Waals surface area contributed by atoms with E-state index in [9.17, 15) is 9.90 Å². The van der Waals surface area contributed by atoms with Crippen molar-refractivity contribution in [3.8, 4) is 5.75 Å². The van der Waals surface area contributed by atoms with Crippen molar-refractivity contribution in [2.75, 3.05) is 19.1 Å². The topological polar surface area (TPSA) is 58.6 Å². The Hall–Kier alpha value is -1.26. The van der Waals surface area contributed by atoms with Crippen molar-refractivity contribution >= 4 is 17.5 Å². The van der Waals surface area contributed by atoms with Gasteiger partial charge in [-0.3, -0.25) is 4.79 Å². The van der Waals surface area contributed by atoms with E-state index in [4.69, 9.17) is 16.3 Å². The first-order valence-corrected chi connectivity index (χ1v) is 7.41. The fourth-order valence-corrected chi connectivity index (χ4v) is 1.85. The number of aliphatic hydroxyl groups is 1. The quantitative estimate of drug-likeness (QED) is 0.542. The Kier molecular flexibility index (Phi) is 8.07. The lowest BCUT2D eigenvalue weighted by Gasteiger charge is -2.16. The lowest BCUT2D eigenvalue weighted by Crippen LogP contribution is -2.39. The van der Waals surface area contributed by atoms with Crippen LogP contribution in [0.5, 0.6) is 5.75 Å². The second-order valence-electron chi connectivity index (χ2n) is 4.63. The van der Waals surface area contributed by atoms with E-state index in [2.05, 4.69) is 12.2 Å². The highest BCUT2D eigenvalue weighted by Crippen LogP contribution is 2.14. The molecule has 0 heterocycles. The van der Waals surface area contributed by atoms with Crippen LogP contribution in [0.3, 0.4) is 0 Å². The molecule has 0 aliphatic heterocycles. The van der Waals surface area contributed by atoms with E-state index in [1.807, 2.05) is 24.3 Å². The summed E-state index contributed by atoms with van der Waals surface area (Å²) in [6.45, 7) is 2.73. The van der Waals surface area contributed by atoms with Crippen LogP contribution >= 0.6 is 11.6 Å². The first kappa shape index (κ1) is 16.8. The smallest absolute Gasteiger partial charge is 0.235 e. The normalized spacial score (nSPS) is 11.9. The number of hydrogen-bond donors (Lipinski definition) is 2. The van der Waals surface area contributed by atoms with Crippen molar-refractivity contribution < 1.29 is 14.6 Å². The van der Waals surface area contributed by atoms with E-state index in [0.29, 0.717) is 6.42 Å². The van der Waals surface area contributed by atoms with E-state index in [1.54, 1.807) is 0 Å². The van der Waals surface area contributed by atoms with Crippen molar-refractivity contribution in [3.63, 3.8) is 0 Å². The predicted octanol–water partition coefficient (Wildman–Crippen LogP) is 2.12. The highest BCUT2D eigenvalue weighted by atomic mass is 35.5. The number of nitrogens with one attached hydrogen (secondary N) is 1. The van der Waals surface area contributed by atoms with Crippen LogP contribution in [-0.4, -0.2) is 36.1 Å². The molecule has 1 amide bonds. The van der Waals surface area contributed by atoms with Gasteiger partial charge in [-0.1, -0.05) is 25.5 Å². The minimum absolute atomic E-state index is 0.0965. The Bertz CT molecular complexity index is 395. The van der Waals surface area contributed by atoms with Gasteiger partial charge in [0.2, 0.25) is 5.91 Å². The lowest BCUT2D eigenvalue weighted by atomic mass is 10.1. The third kappa shape index (κ3) is 6.26. The maximum Gasteiger partial charge on any atom is 0.235 e. The van der Waals surface area contributed by atoms with Gasteiger partial charge in [0.1, 0.15) is 11.6 Å². The summed E-state index contributed by atoms with van der Waals surface area (Å²) in [5, 5.41) is 11.9. The van der Waals surface area contributed by atoms with Crippen molar-refractivity contribution in [2.24, 2.45) is 0 Å². The zero-order chi connectivity index (χ0) is 14.8. The van der Waals surface area contributed by atoms with Gasteiger partial charge in [0.25, 0.3) is 0 Å². The molecule has 0 bridgehead atoms. The summed E-state index contributed by atoms with van der Waals surface area (Å²) >= 11 is 5.43. The van der Waals surface area contributed by atoms with E-state index >= 15 is 0 Å². The van der Waals surface area contributed by atoms with Crippen LogP contribution in [0, 0.1) is 0 Å². The van der Waals surface area contributed by atoms with Gasteiger partial charge in [-0.25, -0.2) is 0 Å².